The molecule has 0 spiro atoms. The monoisotopic (exact) mass is 297 g/mol. The lowest BCUT2D eigenvalue weighted by Gasteiger charge is -2.12. The van der Waals surface area contributed by atoms with Crippen LogP contribution in [0.1, 0.15) is 37.7 Å². The van der Waals surface area contributed by atoms with Crippen molar-refractivity contribution in [2.45, 2.75) is 49.5 Å². The van der Waals surface area contributed by atoms with Gasteiger partial charge in [0.05, 0.1) is 4.90 Å². The Balaban J connectivity index is 2.02. The van der Waals surface area contributed by atoms with Gasteiger partial charge in [0.1, 0.15) is 0 Å². The highest BCUT2D eigenvalue weighted by molar-refractivity contribution is 7.89. The highest BCUT2D eigenvalue weighted by Crippen LogP contribution is 2.20. The van der Waals surface area contributed by atoms with Crippen LogP contribution < -0.4 is 4.72 Å². The number of aryl methyl sites for hydroxylation is 1. The molecular weight excluding hydrogens is 278 g/mol. The third-order valence-electron chi connectivity index (χ3n) is 3.54. The Bertz CT molecular complexity index is 559. The van der Waals surface area contributed by atoms with Crippen LogP contribution >= 0.6 is 0 Å². The van der Waals surface area contributed by atoms with Gasteiger partial charge in [-0.1, -0.05) is 25.0 Å². The minimum atomic E-state index is -3.46. The molecule has 0 heterocycles. The van der Waals surface area contributed by atoms with Crippen molar-refractivity contribution in [1.29, 1.82) is 0 Å². The van der Waals surface area contributed by atoms with Crippen LogP contribution in [0.5, 0.6) is 0 Å². The number of aliphatic carboxylic acids is 1. The normalized spacial score (nSPS) is 16.4. The summed E-state index contributed by atoms with van der Waals surface area (Å²) in [6.45, 7) is 0. The van der Waals surface area contributed by atoms with E-state index >= 15 is 0 Å². The number of nitrogens with one attached hydrogen (secondary N) is 1. The zero-order valence-electron chi connectivity index (χ0n) is 11.2. The van der Waals surface area contributed by atoms with Gasteiger partial charge in [-0.05, 0) is 37.0 Å². The summed E-state index contributed by atoms with van der Waals surface area (Å²) in [5.41, 5.74) is 0.826. The molecule has 0 amide bonds. The summed E-state index contributed by atoms with van der Waals surface area (Å²) in [4.78, 5) is 10.7. The predicted molar refractivity (Wildman–Crippen MR) is 75.0 cm³/mol. The molecule has 6 heteroatoms. The van der Waals surface area contributed by atoms with Crippen molar-refractivity contribution in [2.75, 3.05) is 0 Å². The molecule has 110 valence electrons. The van der Waals surface area contributed by atoms with Gasteiger partial charge >= 0.3 is 5.97 Å². The fourth-order valence-electron chi connectivity index (χ4n) is 2.42. The maximum absolute atomic E-state index is 12.2. The number of hydrogen-bond donors (Lipinski definition) is 2. The maximum Gasteiger partial charge on any atom is 0.303 e. The molecule has 5 nitrogen and oxygen atoms in total. The highest BCUT2D eigenvalue weighted by Gasteiger charge is 2.22. The second-order valence-corrected chi connectivity index (χ2v) is 6.85. The van der Waals surface area contributed by atoms with Crippen LogP contribution in [0, 0.1) is 0 Å². The van der Waals surface area contributed by atoms with Gasteiger partial charge in [-0.2, -0.15) is 0 Å². The summed E-state index contributed by atoms with van der Waals surface area (Å²) in [6, 6.07) is 6.47. The molecule has 1 aliphatic carbocycles. The van der Waals surface area contributed by atoms with Crippen molar-refractivity contribution < 1.29 is 18.3 Å². The highest BCUT2D eigenvalue weighted by atomic mass is 32.2. The zero-order valence-corrected chi connectivity index (χ0v) is 12.0. The van der Waals surface area contributed by atoms with E-state index in [0.29, 0.717) is 6.42 Å². The van der Waals surface area contributed by atoms with Crippen LogP contribution in [0.3, 0.4) is 0 Å². The molecule has 1 fully saturated rings. The average Bonchev–Trinajstić information content (AvgIpc) is 2.89. The summed E-state index contributed by atoms with van der Waals surface area (Å²) < 4.78 is 27.0. The van der Waals surface area contributed by atoms with E-state index in [9.17, 15) is 13.2 Å². The average molecular weight is 297 g/mol. The van der Waals surface area contributed by atoms with Crippen LogP contribution in [-0.2, 0) is 21.2 Å². The van der Waals surface area contributed by atoms with E-state index < -0.39 is 16.0 Å². The number of carboxylic acid groups (broad SMARTS) is 1. The van der Waals surface area contributed by atoms with Crippen molar-refractivity contribution in [3.05, 3.63) is 29.8 Å². The summed E-state index contributed by atoms with van der Waals surface area (Å²) >= 11 is 0. The SMILES string of the molecule is O=C(O)CCc1ccc(S(=O)(=O)NC2CCCC2)cc1. The van der Waals surface area contributed by atoms with E-state index in [1.54, 1.807) is 12.1 Å². The molecule has 0 atom stereocenters. The Morgan fingerprint density at radius 1 is 1.20 bits per heavy atom. The van der Waals surface area contributed by atoms with Crippen molar-refractivity contribution in [3.63, 3.8) is 0 Å². The fraction of sp³-hybridized carbons (Fsp3) is 0.500. The number of hydrogen-bond acceptors (Lipinski definition) is 3. The van der Waals surface area contributed by atoms with Crippen LogP contribution in [-0.4, -0.2) is 25.5 Å². The lowest BCUT2D eigenvalue weighted by atomic mass is 10.1. The van der Waals surface area contributed by atoms with Crippen molar-refractivity contribution >= 4 is 16.0 Å². The molecular formula is C14H19NO4S. The molecule has 0 aromatic heterocycles. The Morgan fingerprint density at radius 3 is 2.35 bits per heavy atom. The molecule has 1 aromatic rings. The van der Waals surface area contributed by atoms with Gasteiger partial charge < -0.3 is 5.11 Å². The van der Waals surface area contributed by atoms with Crippen LogP contribution in [0.25, 0.3) is 0 Å². The Morgan fingerprint density at radius 2 is 1.80 bits per heavy atom. The van der Waals surface area contributed by atoms with E-state index in [-0.39, 0.29) is 17.4 Å². The Hall–Kier alpha value is -1.40. The molecule has 0 aliphatic heterocycles. The van der Waals surface area contributed by atoms with Crippen LogP contribution in [0.2, 0.25) is 0 Å². The molecule has 1 saturated carbocycles. The predicted octanol–water partition coefficient (Wildman–Crippen LogP) is 1.92. The first-order chi connectivity index (χ1) is 9.47. The standard InChI is InChI=1S/C14H19NO4S/c16-14(17)10-7-11-5-8-13(9-6-11)20(18,19)15-12-3-1-2-4-12/h5-6,8-9,12,15H,1-4,7,10H2,(H,16,17). The van der Waals surface area contributed by atoms with Crippen molar-refractivity contribution in [3.8, 4) is 0 Å². The molecule has 1 aromatic carbocycles. The summed E-state index contributed by atoms with van der Waals surface area (Å²) in [6.07, 6.45) is 4.40. The Labute approximate surface area is 119 Å². The van der Waals surface area contributed by atoms with E-state index in [1.165, 1.54) is 12.1 Å². The van der Waals surface area contributed by atoms with Gasteiger partial charge in [-0.3, -0.25) is 4.79 Å². The van der Waals surface area contributed by atoms with Gasteiger partial charge in [0.25, 0.3) is 0 Å². The second-order valence-electron chi connectivity index (χ2n) is 5.14. The smallest absolute Gasteiger partial charge is 0.303 e. The molecule has 0 radical (unpaired) electrons. The van der Waals surface area contributed by atoms with Gasteiger partial charge in [0.15, 0.2) is 0 Å². The summed E-state index contributed by atoms with van der Waals surface area (Å²) in [5, 5.41) is 8.61. The minimum absolute atomic E-state index is 0.0479. The van der Waals surface area contributed by atoms with E-state index in [2.05, 4.69) is 4.72 Å². The molecule has 20 heavy (non-hydrogen) atoms. The number of sulfonamides is 1. The quantitative estimate of drug-likeness (QED) is 0.840. The van der Waals surface area contributed by atoms with Gasteiger partial charge in [0.2, 0.25) is 10.0 Å². The minimum Gasteiger partial charge on any atom is -0.481 e. The maximum atomic E-state index is 12.2. The van der Waals surface area contributed by atoms with E-state index in [1.807, 2.05) is 0 Å². The molecule has 2 N–H and O–H groups in total. The number of carboxylic acids is 1. The summed E-state index contributed by atoms with van der Waals surface area (Å²) in [7, 11) is -3.46. The Kier molecular flexibility index (Phi) is 4.77. The lowest BCUT2D eigenvalue weighted by Crippen LogP contribution is -2.32. The molecule has 0 bridgehead atoms. The van der Waals surface area contributed by atoms with Gasteiger partial charge in [0, 0.05) is 12.5 Å². The van der Waals surface area contributed by atoms with Gasteiger partial charge in [-0.25, -0.2) is 13.1 Å². The third kappa shape index (κ3) is 4.05. The molecule has 0 saturated heterocycles. The van der Waals surface area contributed by atoms with E-state index in [0.717, 1.165) is 31.2 Å². The third-order valence-corrected chi connectivity index (χ3v) is 5.07. The fourth-order valence-corrected chi connectivity index (χ4v) is 3.72. The number of rotatable bonds is 6. The largest absolute Gasteiger partial charge is 0.481 e. The van der Waals surface area contributed by atoms with Crippen molar-refractivity contribution in [2.24, 2.45) is 0 Å². The molecule has 2 rings (SSSR count). The first-order valence-electron chi connectivity index (χ1n) is 6.80. The molecule has 0 unspecified atom stereocenters. The van der Waals surface area contributed by atoms with Crippen LogP contribution in [0.15, 0.2) is 29.2 Å². The molecule has 1 aliphatic rings. The van der Waals surface area contributed by atoms with Crippen molar-refractivity contribution in [1.82, 2.24) is 4.72 Å². The summed E-state index contributed by atoms with van der Waals surface area (Å²) in [5.74, 6) is -0.857. The first-order valence-corrected chi connectivity index (χ1v) is 8.29. The number of carbonyl (C=O) groups is 1. The lowest BCUT2D eigenvalue weighted by molar-refractivity contribution is -0.136. The van der Waals surface area contributed by atoms with Crippen LogP contribution in [0.4, 0.5) is 0 Å². The zero-order chi connectivity index (χ0) is 14.6. The topological polar surface area (TPSA) is 83.5 Å². The number of benzene rings is 1. The van der Waals surface area contributed by atoms with E-state index in [4.69, 9.17) is 5.11 Å². The second kappa shape index (κ2) is 6.37. The van der Waals surface area contributed by atoms with Gasteiger partial charge in [-0.15, -0.1) is 0 Å². The first kappa shape index (κ1) is 15.0.